The second-order valence-corrected chi connectivity index (χ2v) is 4.34. The summed E-state index contributed by atoms with van der Waals surface area (Å²) in [5.41, 5.74) is 1.48. The van der Waals surface area contributed by atoms with Gasteiger partial charge in [-0.3, -0.25) is 0 Å². The lowest BCUT2D eigenvalue weighted by Gasteiger charge is -1.93. The fourth-order valence-corrected chi connectivity index (χ4v) is 1.94. The molecule has 18 heavy (non-hydrogen) atoms. The van der Waals surface area contributed by atoms with E-state index < -0.39 is 0 Å². The van der Waals surface area contributed by atoms with Crippen molar-refractivity contribution in [2.45, 2.75) is 0 Å². The largest absolute Gasteiger partial charge is 0.320 e. The summed E-state index contributed by atoms with van der Waals surface area (Å²) in [4.78, 5) is 4.35. The molecule has 0 saturated carbocycles. The van der Waals surface area contributed by atoms with Crippen molar-refractivity contribution in [2.24, 2.45) is 0 Å². The van der Waals surface area contributed by atoms with Crippen LogP contribution in [-0.4, -0.2) is 24.4 Å². The summed E-state index contributed by atoms with van der Waals surface area (Å²) in [6, 6.07) is 6.17. The van der Waals surface area contributed by atoms with Crippen molar-refractivity contribution in [1.82, 2.24) is 24.4 Å². The molecule has 0 spiro atoms. The summed E-state index contributed by atoms with van der Waals surface area (Å²) in [7, 11) is 0. The Morgan fingerprint density at radius 2 is 2.33 bits per heavy atom. The highest BCUT2D eigenvalue weighted by Crippen LogP contribution is 2.18. The van der Waals surface area contributed by atoms with Gasteiger partial charge in [-0.05, 0) is 28.1 Å². The maximum atomic E-state index is 5.22. The maximum Gasteiger partial charge on any atom is 0.247 e. The molecule has 3 aromatic heterocycles. The topological polar surface area (TPSA) is 60.0 Å². The van der Waals surface area contributed by atoms with Crippen LogP contribution in [-0.2, 0) is 0 Å². The van der Waals surface area contributed by atoms with Gasteiger partial charge in [0.1, 0.15) is 0 Å². The highest BCUT2D eigenvalue weighted by molar-refractivity contribution is 9.10. The van der Waals surface area contributed by atoms with Gasteiger partial charge in [-0.25, -0.2) is 4.52 Å². The molecule has 0 atom stereocenters. The highest BCUT2D eigenvalue weighted by Gasteiger charge is 2.07. The molecular formula is C11H7BrN6. The summed E-state index contributed by atoms with van der Waals surface area (Å²) in [6.07, 6.45) is 10.3. The molecule has 0 aromatic carbocycles. The van der Waals surface area contributed by atoms with Crippen LogP contribution in [0.15, 0.2) is 35.2 Å². The van der Waals surface area contributed by atoms with Crippen LogP contribution >= 0.6 is 15.9 Å². The van der Waals surface area contributed by atoms with E-state index in [1.165, 1.54) is 4.68 Å². The summed E-state index contributed by atoms with van der Waals surface area (Å²) < 4.78 is 3.93. The van der Waals surface area contributed by atoms with Crippen LogP contribution in [0.4, 0.5) is 11.6 Å². The van der Waals surface area contributed by atoms with E-state index in [1.54, 1.807) is 16.9 Å². The van der Waals surface area contributed by atoms with Crippen molar-refractivity contribution < 1.29 is 0 Å². The average Bonchev–Trinajstić information content (AvgIpc) is 2.96. The zero-order chi connectivity index (χ0) is 12.5. The van der Waals surface area contributed by atoms with Gasteiger partial charge >= 0.3 is 0 Å². The molecule has 0 saturated heterocycles. The molecule has 7 heteroatoms. The quantitative estimate of drug-likeness (QED) is 0.734. The molecule has 0 bridgehead atoms. The van der Waals surface area contributed by atoms with E-state index in [0.29, 0.717) is 5.95 Å². The zero-order valence-electron chi connectivity index (χ0n) is 9.08. The summed E-state index contributed by atoms with van der Waals surface area (Å²) in [6.45, 7) is 0. The SMILES string of the molecule is C#Cn1cc(Nc2nc3c(Br)cccn3n2)cn1. The number of pyridine rings is 1. The van der Waals surface area contributed by atoms with Crippen molar-refractivity contribution in [1.29, 1.82) is 0 Å². The maximum absolute atomic E-state index is 5.22. The average molecular weight is 303 g/mol. The van der Waals surface area contributed by atoms with E-state index in [4.69, 9.17) is 6.42 Å². The van der Waals surface area contributed by atoms with E-state index in [0.717, 1.165) is 15.8 Å². The van der Waals surface area contributed by atoms with E-state index in [1.807, 2.05) is 18.3 Å². The third-order valence-corrected chi connectivity index (χ3v) is 2.90. The fourth-order valence-electron chi connectivity index (χ4n) is 1.51. The molecule has 3 heterocycles. The standard InChI is InChI=1S/C11H7BrN6/c1-2-17-7-8(6-13-17)14-11-15-10-9(12)4-3-5-18(10)16-11/h1,3-7H,(H,14,16). The minimum Gasteiger partial charge on any atom is -0.320 e. The van der Waals surface area contributed by atoms with Crippen LogP contribution in [0.3, 0.4) is 0 Å². The van der Waals surface area contributed by atoms with E-state index in [-0.39, 0.29) is 0 Å². The van der Waals surface area contributed by atoms with Crippen molar-refractivity contribution in [3.8, 4) is 12.5 Å². The minimum atomic E-state index is 0.485. The molecule has 0 unspecified atom stereocenters. The number of nitrogens with zero attached hydrogens (tertiary/aromatic N) is 5. The van der Waals surface area contributed by atoms with Crippen molar-refractivity contribution >= 4 is 33.2 Å². The number of rotatable bonds is 2. The summed E-state index contributed by atoms with van der Waals surface area (Å²) in [5, 5.41) is 11.3. The van der Waals surface area contributed by atoms with E-state index >= 15 is 0 Å². The van der Waals surface area contributed by atoms with Gasteiger partial charge in [0.25, 0.3) is 0 Å². The van der Waals surface area contributed by atoms with E-state index in [9.17, 15) is 0 Å². The Labute approximate surface area is 111 Å². The third-order valence-electron chi connectivity index (χ3n) is 2.29. The molecule has 0 aliphatic carbocycles. The van der Waals surface area contributed by atoms with Gasteiger partial charge in [-0.15, -0.1) is 5.10 Å². The predicted molar refractivity (Wildman–Crippen MR) is 70.4 cm³/mol. The molecular weight excluding hydrogens is 296 g/mol. The number of anilines is 2. The molecule has 1 N–H and O–H groups in total. The Hall–Kier alpha value is -2.33. The minimum absolute atomic E-state index is 0.485. The number of hydrogen-bond donors (Lipinski definition) is 1. The lowest BCUT2D eigenvalue weighted by atomic mass is 10.5. The molecule has 0 aliphatic heterocycles. The van der Waals surface area contributed by atoms with Gasteiger partial charge in [0.2, 0.25) is 5.95 Å². The number of halogens is 1. The van der Waals surface area contributed by atoms with Crippen molar-refractivity contribution in [3.05, 3.63) is 35.2 Å². The monoisotopic (exact) mass is 302 g/mol. The van der Waals surface area contributed by atoms with Gasteiger partial charge < -0.3 is 5.32 Å². The lowest BCUT2D eigenvalue weighted by molar-refractivity contribution is 0.918. The summed E-state index contributed by atoms with van der Waals surface area (Å²) in [5.74, 6) is 0.485. The number of terminal acetylenes is 1. The Morgan fingerprint density at radius 1 is 1.44 bits per heavy atom. The predicted octanol–water partition coefficient (Wildman–Crippen LogP) is 1.87. The Bertz CT molecular complexity index is 750. The normalized spacial score (nSPS) is 10.4. The molecule has 3 rings (SSSR count). The first-order valence-corrected chi connectivity index (χ1v) is 5.85. The first-order valence-electron chi connectivity index (χ1n) is 5.05. The fraction of sp³-hybridized carbons (Fsp3) is 0. The molecule has 3 aromatic rings. The van der Waals surface area contributed by atoms with Gasteiger partial charge in [0.15, 0.2) is 5.65 Å². The van der Waals surface area contributed by atoms with Crippen LogP contribution in [0.1, 0.15) is 0 Å². The zero-order valence-corrected chi connectivity index (χ0v) is 10.7. The Morgan fingerprint density at radius 3 is 3.06 bits per heavy atom. The van der Waals surface area contributed by atoms with Gasteiger partial charge in [0, 0.05) is 12.2 Å². The number of nitrogens with one attached hydrogen (secondary N) is 1. The second kappa shape index (κ2) is 4.16. The van der Waals surface area contributed by atoms with Gasteiger partial charge in [-0.1, -0.05) is 6.42 Å². The van der Waals surface area contributed by atoms with Crippen molar-refractivity contribution in [2.75, 3.05) is 5.32 Å². The number of aromatic nitrogens is 5. The Balaban J connectivity index is 1.96. The van der Waals surface area contributed by atoms with Crippen molar-refractivity contribution in [3.63, 3.8) is 0 Å². The van der Waals surface area contributed by atoms with Crippen LogP contribution in [0.5, 0.6) is 0 Å². The van der Waals surface area contributed by atoms with Crippen LogP contribution in [0, 0.1) is 12.5 Å². The third kappa shape index (κ3) is 1.83. The first kappa shape index (κ1) is 10.8. The molecule has 0 radical (unpaired) electrons. The smallest absolute Gasteiger partial charge is 0.247 e. The second-order valence-electron chi connectivity index (χ2n) is 3.49. The summed E-state index contributed by atoms with van der Waals surface area (Å²) >= 11 is 3.42. The molecule has 0 fully saturated rings. The Kier molecular flexibility index (Phi) is 2.50. The molecule has 0 aliphatic rings. The van der Waals surface area contributed by atoms with Crippen LogP contribution in [0.2, 0.25) is 0 Å². The molecule has 0 amide bonds. The number of hydrogen-bond acceptors (Lipinski definition) is 4. The van der Waals surface area contributed by atoms with Crippen LogP contribution < -0.4 is 5.32 Å². The van der Waals surface area contributed by atoms with E-state index in [2.05, 4.69) is 42.5 Å². The first-order chi connectivity index (χ1) is 8.76. The van der Waals surface area contributed by atoms with Crippen LogP contribution in [0.25, 0.3) is 5.65 Å². The molecule has 6 nitrogen and oxygen atoms in total. The van der Waals surface area contributed by atoms with Gasteiger partial charge in [-0.2, -0.15) is 14.8 Å². The highest BCUT2D eigenvalue weighted by atomic mass is 79.9. The van der Waals surface area contributed by atoms with Gasteiger partial charge in [0.05, 0.1) is 22.6 Å². The number of fused-ring (bicyclic) bond motifs is 1. The lowest BCUT2D eigenvalue weighted by Crippen LogP contribution is -1.92. The molecule has 88 valence electrons.